The van der Waals surface area contributed by atoms with E-state index in [-0.39, 0.29) is 5.91 Å². The number of halogens is 1. The minimum absolute atomic E-state index is 0.290. The van der Waals surface area contributed by atoms with Gasteiger partial charge in [-0.1, -0.05) is 23.7 Å². The molecule has 0 bridgehead atoms. The summed E-state index contributed by atoms with van der Waals surface area (Å²) in [4.78, 5) is 15.6. The molecule has 0 radical (unpaired) electrons. The number of carbonyl (C=O) groups is 1. The number of benzene rings is 1. The minimum atomic E-state index is -0.290. The second-order valence-electron chi connectivity index (χ2n) is 3.89. The van der Waals surface area contributed by atoms with Gasteiger partial charge >= 0.3 is 0 Å². The fraction of sp³-hybridized carbons (Fsp3) is 0.0714. The van der Waals surface area contributed by atoms with Gasteiger partial charge in [-0.15, -0.1) is 0 Å². The van der Waals surface area contributed by atoms with Crippen molar-refractivity contribution in [2.75, 3.05) is 0 Å². The number of rotatable bonds is 3. The van der Waals surface area contributed by atoms with Crippen LogP contribution in [0.3, 0.4) is 0 Å². The summed E-state index contributed by atoms with van der Waals surface area (Å²) in [5.74, 6) is -0.290. The molecule has 2 aromatic rings. The van der Waals surface area contributed by atoms with E-state index in [4.69, 9.17) is 11.6 Å². The number of nitrogens with one attached hydrogen (secondary N) is 1. The topological polar surface area (TPSA) is 54.4 Å². The molecule has 0 fully saturated rings. The molecule has 96 valence electrons. The molecular formula is C14H12ClN3O. The van der Waals surface area contributed by atoms with Crippen LogP contribution in [-0.2, 0) is 0 Å². The average Bonchev–Trinajstić information content (AvgIpc) is 2.46. The molecule has 1 N–H and O–H groups in total. The summed E-state index contributed by atoms with van der Waals surface area (Å²) in [6, 6.07) is 10.6. The molecule has 0 spiro atoms. The average molecular weight is 274 g/mol. The number of pyridine rings is 1. The quantitative estimate of drug-likeness (QED) is 0.690. The van der Waals surface area contributed by atoms with Crippen molar-refractivity contribution in [1.29, 1.82) is 0 Å². The molecule has 0 atom stereocenters. The Bertz CT molecular complexity index is 594. The first kappa shape index (κ1) is 13.2. The lowest BCUT2D eigenvalue weighted by Gasteiger charge is -2.03. The van der Waals surface area contributed by atoms with Gasteiger partial charge in [-0.3, -0.25) is 9.78 Å². The Balaban J connectivity index is 2.06. The van der Waals surface area contributed by atoms with E-state index < -0.39 is 0 Å². The van der Waals surface area contributed by atoms with Crippen LogP contribution in [0.4, 0.5) is 0 Å². The van der Waals surface area contributed by atoms with Crippen LogP contribution in [0.15, 0.2) is 53.9 Å². The number of hydrogen-bond donors (Lipinski definition) is 1. The monoisotopic (exact) mass is 273 g/mol. The number of carbonyl (C=O) groups excluding carboxylic acids is 1. The smallest absolute Gasteiger partial charge is 0.267 e. The Hall–Kier alpha value is -2.20. The highest BCUT2D eigenvalue weighted by Gasteiger charge is 2.04. The van der Waals surface area contributed by atoms with Gasteiger partial charge in [-0.05, 0) is 36.8 Å². The van der Waals surface area contributed by atoms with Gasteiger partial charge in [0.1, 0.15) is 0 Å². The SMILES string of the molecule is C/C(=N\NC(=O)c1cccnc1)c1ccc(Cl)cc1. The zero-order valence-electron chi connectivity index (χ0n) is 10.3. The molecule has 1 amide bonds. The maximum absolute atomic E-state index is 11.8. The van der Waals surface area contributed by atoms with Gasteiger partial charge in [0.05, 0.1) is 11.3 Å². The molecule has 1 aromatic carbocycles. The van der Waals surface area contributed by atoms with Gasteiger partial charge in [-0.25, -0.2) is 5.43 Å². The molecule has 5 heteroatoms. The first-order valence-corrected chi connectivity index (χ1v) is 6.05. The highest BCUT2D eigenvalue weighted by Crippen LogP contribution is 2.10. The third kappa shape index (κ3) is 3.63. The largest absolute Gasteiger partial charge is 0.272 e. The normalized spacial score (nSPS) is 11.2. The molecule has 0 saturated heterocycles. The van der Waals surface area contributed by atoms with Crippen LogP contribution in [0.25, 0.3) is 0 Å². The highest BCUT2D eigenvalue weighted by atomic mass is 35.5. The van der Waals surface area contributed by atoms with E-state index in [2.05, 4.69) is 15.5 Å². The van der Waals surface area contributed by atoms with Crippen LogP contribution < -0.4 is 5.43 Å². The van der Waals surface area contributed by atoms with E-state index in [1.807, 2.05) is 19.1 Å². The third-order valence-electron chi connectivity index (χ3n) is 2.51. The van der Waals surface area contributed by atoms with Gasteiger partial charge in [0.25, 0.3) is 5.91 Å². The summed E-state index contributed by atoms with van der Waals surface area (Å²) in [5.41, 5.74) is 4.56. The molecule has 19 heavy (non-hydrogen) atoms. The van der Waals surface area contributed by atoms with E-state index in [0.717, 1.165) is 5.56 Å². The second-order valence-corrected chi connectivity index (χ2v) is 4.32. The van der Waals surface area contributed by atoms with E-state index >= 15 is 0 Å². The predicted octanol–water partition coefficient (Wildman–Crippen LogP) is 2.89. The van der Waals surface area contributed by atoms with Crippen molar-refractivity contribution in [3.8, 4) is 0 Å². The molecule has 2 rings (SSSR count). The van der Waals surface area contributed by atoms with Gasteiger partial charge in [0, 0.05) is 17.4 Å². The zero-order valence-corrected chi connectivity index (χ0v) is 11.1. The van der Waals surface area contributed by atoms with Crippen LogP contribution >= 0.6 is 11.6 Å². The van der Waals surface area contributed by atoms with E-state index in [0.29, 0.717) is 16.3 Å². The number of aromatic nitrogens is 1. The van der Waals surface area contributed by atoms with Gasteiger partial charge in [0.15, 0.2) is 0 Å². The van der Waals surface area contributed by atoms with Crippen LogP contribution in [0.5, 0.6) is 0 Å². The van der Waals surface area contributed by atoms with Crippen molar-refractivity contribution in [2.24, 2.45) is 5.10 Å². The summed E-state index contributed by atoms with van der Waals surface area (Å²) >= 11 is 5.81. The second kappa shape index (κ2) is 6.11. The lowest BCUT2D eigenvalue weighted by atomic mass is 10.1. The fourth-order valence-electron chi connectivity index (χ4n) is 1.45. The van der Waals surface area contributed by atoms with Crippen LogP contribution in [0.1, 0.15) is 22.8 Å². The van der Waals surface area contributed by atoms with Crippen molar-refractivity contribution in [3.63, 3.8) is 0 Å². The number of hydrogen-bond acceptors (Lipinski definition) is 3. The summed E-state index contributed by atoms with van der Waals surface area (Å²) in [6.45, 7) is 1.81. The summed E-state index contributed by atoms with van der Waals surface area (Å²) in [6.07, 6.45) is 3.10. The van der Waals surface area contributed by atoms with Crippen molar-refractivity contribution in [1.82, 2.24) is 10.4 Å². The Kier molecular flexibility index (Phi) is 4.26. The maximum atomic E-state index is 11.8. The molecule has 1 heterocycles. The summed E-state index contributed by atoms with van der Waals surface area (Å²) in [5, 5.41) is 4.71. The first-order chi connectivity index (χ1) is 9.16. The van der Waals surface area contributed by atoms with Crippen LogP contribution in [0.2, 0.25) is 5.02 Å². The fourth-order valence-corrected chi connectivity index (χ4v) is 1.58. The molecule has 4 nitrogen and oxygen atoms in total. The molecular weight excluding hydrogens is 262 g/mol. The molecule has 1 aromatic heterocycles. The molecule has 0 aliphatic carbocycles. The lowest BCUT2D eigenvalue weighted by molar-refractivity contribution is 0.0954. The standard InChI is InChI=1S/C14H12ClN3O/c1-10(11-4-6-13(15)7-5-11)17-18-14(19)12-3-2-8-16-9-12/h2-9H,1H3,(H,18,19)/b17-10+. The summed E-state index contributed by atoms with van der Waals surface area (Å²) < 4.78 is 0. The first-order valence-electron chi connectivity index (χ1n) is 5.67. The van der Waals surface area contributed by atoms with Gasteiger partial charge < -0.3 is 0 Å². The molecule has 0 aliphatic rings. The highest BCUT2D eigenvalue weighted by molar-refractivity contribution is 6.30. The number of hydrazone groups is 1. The van der Waals surface area contributed by atoms with Crippen LogP contribution in [0, 0.1) is 0 Å². The van der Waals surface area contributed by atoms with Crippen molar-refractivity contribution in [3.05, 3.63) is 64.9 Å². The molecule has 0 saturated carbocycles. The van der Waals surface area contributed by atoms with Gasteiger partial charge in [-0.2, -0.15) is 5.10 Å². The Morgan fingerprint density at radius 2 is 1.95 bits per heavy atom. The van der Waals surface area contributed by atoms with E-state index in [1.54, 1.807) is 30.5 Å². The molecule has 0 unspecified atom stereocenters. The summed E-state index contributed by atoms with van der Waals surface area (Å²) in [7, 11) is 0. The Labute approximate surface area is 116 Å². The Morgan fingerprint density at radius 1 is 1.21 bits per heavy atom. The third-order valence-corrected chi connectivity index (χ3v) is 2.76. The van der Waals surface area contributed by atoms with Gasteiger partial charge in [0.2, 0.25) is 0 Å². The number of nitrogens with zero attached hydrogens (tertiary/aromatic N) is 2. The van der Waals surface area contributed by atoms with E-state index in [9.17, 15) is 4.79 Å². The zero-order chi connectivity index (χ0) is 13.7. The maximum Gasteiger partial charge on any atom is 0.272 e. The van der Waals surface area contributed by atoms with Crippen LogP contribution in [-0.4, -0.2) is 16.6 Å². The van der Waals surface area contributed by atoms with Crippen molar-refractivity contribution < 1.29 is 4.79 Å². The number of amides is 1. The predicted molar refractivity (Wildman–Crippen MR) is 75.4 cm³/mol. The molecule has 0 aliphatic heterocycles. The van der Waals surface area contributed by atoms with Crippen molar-refractivity contribution in [2.45, 2.75) is 6.92 Å². The minimum Gasteiger partial charge on any atom is -0.267 e. The van der Waals surface area contributed by atoms with Crippen molar-refractivity contribution >= 4 is 23.2 Å². The van der Waals surface area contributed by atoms with E-state index in [1.165, 1.54) is 6.20 Å². The lowest BCUT2D eigenvalue weighted by Crippen LogP contribution is -2.19. The Morgan fingerprint density at radius 3 is 2.58 bits per heavy atom.